The summed E-state index contributed by atoms with van der Waals surface area (Å²) >= 11 is 1.89. The summed E-state index contributed by atoms with van der Waals surface area (Å²) in [4.78, 5) is 13.5. The van der Waals surface area contributed by atoms with E-state index in [1.54, 1.807) is 0 Å². The molecule has 0 bridgehead atoms. The Labute approximate surface area is 184 Å². The van der Waals surface area contributed by atoms with Crippen molar-refractivity contribution in [1.82, 2.24) is 30.0 Å². The Balaban J connectivity index is 1.32. The van der Waals surface area contributed by atoms with Gasteiger partial charge in [0.2, 0.25) is 0 Å². The van der Waals surface area contributed by atoms with E-state index in [1.807, 2.05) is 11.3 Å². The molecule has 0 atom stereocenters. The molecule has 0 unspecified atom stereocenters. The summed E-state index contributed by atoms with van der Waals surface area (Å²) in [5.41, 5.74) is 1.34. The number of nitrogens with zero attached hydrogens (tertiary/aromatic N) is 6. The van der Waals surface area contributed by atoms with E-state index in [0.29, 0.717) is 0 Å². The number of fused-ring (bicyclic) bond motifs is 2. The van der Waals surface area contributed by atoms with Crippen molar-refractivity contribution >= 4 is 17.3 Å². The van der Waals surface area contributed by atoms with Crippen LogP contribution in [0.5, 0.6) is 0 Å². The van der Waals surface area contributed by atoms with Gasteiger partial charge in [-0.15, -0.1) is 21.5 Å². The number of aromatic nitrogens is 4. The van der Waals surface area contributed by atoms with Crippen LogP contribution in [0.25, 0.3) is 0 Å². The first kappa shape index (κ1) is 21.3. The average Bonchev–Trinajstić information content (AvgIpc) is 3.25. The maximum Gasteiger partial charge on any atom is 0.194 e. The predicted octanol–water partition coefficient (Wildman–Crippen LogP) is 3.37. The third-order valence-corrected chi connectivity index (χ3v) is 7.11. The molecule has 2 aromatic heterocycles. The first-order valence-corrected chi connectivity index (χ1v) is 12.4. The summed E-state index contributed by atoms with van der Waals surface area (Å²) in [6.07, 6.45) is 11.7. The van der Waals surface area contributed by atoms with Gasteiger partial charge in [-0.05, 0) is 51.9 Å². The second-order valence-corrected chi connectivity index (χ2v) is 9.54. The van der Waals surface area contributed by atoms with Crippen LogP contribution in [0, 0.1) is 0 Å². The van der Waals surface area contributed by atoms with Crippen LogP contribution < -0.4 is 5.32 Å². The lowest BCUT2D eigenvalue weighted by Gasteiger charge is -2.21. The molecule has 0 spiro atoms. The topological polar surface area (TPSA) is 71.2 Å². The molecule has 3 heterocycles. The summed E-state index contributed by atoms with van der Waals surface area (Å²) in [5, 5.41) is 13.5. The van der Waals surface area contributed by atoms with Crippen LogP contribution in [0.4, 0.5) is 0 Å². The largest absolute Gasteiger partial charge is 0.357 e. The van der Waals surface area contributed by atoms with Crippen molar-refractivity contribution in [3.05, 3.63) is 27.2 Å². The molecule has 2 aromatic rings. The molecule has 7 nitrogen and oxygen atoms in total. The van der Waals surface area contributed by atoms with Crippen molar-refractivity contribution in [2.24, 2.45) is 4.99 Å². The highest BCUT2D eigenvalue weighted by atomic mass is 32.1. The van der Waals surface area contributed by atoms with Gasteiger partial charge in [0.05, 0.1) is 12.2 Å². The number of aliphatic imine (C=N–C) groups is 1. The lowest BCUT2D eigenvalue weighted by molar-refractivity contribution is 0.474. The van der Waals surface area contributed by atoms with Gasteiger partial charge in [-0.3, -0.25) is 4.99 Å². The fraction of sp³-hybridized carbons (Fsp3) is 0.727. The standard InChI is InChI=1S/C22H35N7S/c1-3-23-22(28(2)16-21-25-17-10-6-7-11-18(17)30-21)24-14-9-13-20-27-26-19-12-5-4-8-15-29(19)20/h3-16H2,1-2H3,(H,23,24). The molecular weight excluding hydrogens is 394 g/mol. The van der Waals surface area contributed by atoms with Crippen LogP contribution in [0.1, 0.15) is 72.7 Å². The summed E-state index contributed by atoms with van der Waals surface area (Å²) in [7, 11) is 2.11. The summed E-state index contributed by atoms with van der Waals surface area (Å²) in [5.74, 6) is 3.27. The zero-order valence-corrected chi connectivity index (χ0v) is 19.3. The van der Waals surface area contributed by atoms with Crippen molar-refractivity contribution in [2.45, 2.75) is 84.2 Å². The lowest BCUT2D eigenvalue weighted by atomic mass is 10.0. The Bertz CT molecular complexity index is 830. The smallest absolute Gasteiger partial charge is 0.194 e. The van der Waals surface area contributed by atoms with Gasteiger partial charge in [0.15, 0.2) is 5.96 Å². The number of aryl methyl sites for hydroxylation is 4. The van der Waals surface area contributed by atoms with Crippen LogP contribution in [-0.4, -0.2) is 50.7 Å². The van der Waals surface area contributed by atoms with Crippen molar-refractivity contribution < 1.29 is 0 Å². The third kappa shape index (κ3) is 5.20. The number of hydrogen-bond acceptors (Lipinski definition) is 5. The minimum atomic E-state index is 0.795. The molecule has 0 radical (unpaired) electrons. The van der Waals surface area contributed by atoms with Gasteiger partial charge in [-0.2, -0.15) is 0 Å². The second kappa shape index (κ2) is 10.4. The fourth-order valence-electron chi connectivity index (χ4n) is 4.37. The molecule has 164 valence electrons. The molecule has 30 heavy (non-hydrogen) atoms. The van der Waals surface area contributed by atoms with Crippen LogP contribution in [-0.2, 0) is 38.8 Å². The highest BCUT2D eigenvalue weighted by Gasteiger charge is 2.17. The van der Waals surface area contributed by atoms with Crippen LogP contribution in [0.15, 0.2) is 4.99 Å². The Morgan fingerprint density at radius 3 is 2.87 bits per heavy atom. The Morgan fingerprint density at radius 1 is 1.13 bits per heavy atom. The summed E-state index contributed by atoms with van der Waals surface area (Å²) < 4.78 is 2.35. The van der Waals surface area contributed by atoms with Crippen LogP contribution >= 0.6 is 11.3 Å². The fourth-order valence-corrected chi connectivity index (χ4v) is 5.58. The first-order chi connectivity index (χ1) is 14.7. The van der Waals surface area contributed by atoms with E-state index < -0.39 is 0 Å². The third-order valence-electron chi connectivity index (χ3n) is 5.97. The molecule has 0 amide bonds. The molecule has 1 aliphatic heterocycles. The Morgan fingerprint density at radius 2 is 2.00 bits per heavy atom. The normalized spacial score (nSPS) is 16.7. The van der Waals surface area contributed by atoms with Crippen molar-refractivity contribution in [1.29, 1.82) is 0 Å². The first-order valence-electron chi connectivity index (χ1n) is 11.6. The van der Waals surface area contributed by atoms with Crippen LogP contribution in [0.2, 0.25) is 0 Å². The van der Waals surface area contributed by atoms with Gasteiger partial charge in [-0.25, -0.2) is 4.98 Å². The zero-order chi connectivity index (χ0) is 20.8. The van der Waals surface area contributed by atoms with Crippen molar-refractivity contribution in [2.75, 3.05) is 20.1 Å². The van der Waals surface area contributed by atoms with E-state index in [4.69, 9.17) is 9.98 Å². The Kier molecular flexibility index (Phi) is 7.36. The van der Waals surface area contributed by atoms with Gasteiger partial charge in [0, 0.05) is 44.4 Å². The van der Waals surface area contributed by atoms with Gasteiger partial charge >= 0.3 is 0 Å². The van der Waals surface area contributed by atoms with Gasteiger partial charge in [0.25, 0.3) is 0 Å². The number of guanidine groups is 1. The van der Waals surface area contributed by atoms with Gasteiger partial charge < -0.3 is 14.8 Å². The molecule has 0 aromatic carbocycles. The Hall–Kier alpha value is -1.96. The van der Waals surface area contributed by atoms with E-state index in [0.717, 1.165) is 63.6 Å². The SMILES string of the molecule is CCNC(=NCCCc1nnc2n1CCCCC2)N(C)Cc1nc2c(s1)CCCC2. The monoisotopic (exact) mass is 429 g/mol. The molecule has 1 aliphatic carbocycles. The van der Waals surface area contributed by atoms with E-state index >= 15 is 0 Å². The lowest BCUT2D eigenvalue weighted by Crippen LogP contribution is -2.38. The van der Waals surface area contributed by atoms with Crippen LogP contribution in [0.3, 0.4) is 0 Å². The average molecular weight is 430 g/mol. The minimum Gasteiger partial charge on any atom is -0.357 e. The van der Waals surface area contributed by atoms with E-state index in [2.05, 4.69) is 39.0 Å². The van der Waals surface area contributed by atoms with Gasteiger partial charge in [0.1, 0.15) is 16.7 Å². The maximum absolute atomic E-state index is 4.89. The molecule has 0 fully saturated rings. The highest BCUT2D eigenvalue weighted by Crippen LogP contribution is 2.27. The molecule has 0 saturated heterocycles. The quantitative estimate of drug-likeness (QED) is 0.415. The molecule has 2 aliphatic rings. The molecule has 0 saturated carbocycles. The molecule has 1 N–H and O–H groups in total. The molecule has 4 rings (SSSR count). The van der Waals surface area contributed by atoms with Crippen molar-refractivity contribution in [3.8, 4) is 0 Å². The highest BCUT2D eigenvalue weighted by molar-refractivity contribution is 7.11. The number of hydrogen-bond donors (Lipinski definition) is 1. The van der Waals surface area contributed by atoms with E-state index in [9.17, 15) is 0 Å². The number of rotatable bonds is 7. The number of thiazole rings is 1. The molecular formula is C22H35N7S. The maximum atomic E-state index is 4.89. The summed E-state index contributed by atoms with van der Waals surface area (Å²) in [6.45, 7) is 5.68. The van der Waals surface area contributed by atoms with E-state index in [-0.39, 0.29) is 0 Å². The summed E-state index contributed by atoms with van der Waals surface area (Å²) in [6, 6.07) is 0. The van der Waals surface area contributed by atoms with Crippen molar-refractivity contribution in [3.63, 3.8) is 0 Å². The minimum absolute atomic E-state index is 0.795. The zero-order valence-electron chi connectivity index (χ0n) is 18.5. The second-order valence-electron chi connectivity index (χ2n) is 8.37. The van der Waals surface area contributed by atoms with E-state index in [1.165, 1.54) is 59.9 Å². The number of nitrogens with one attached hydrogen (secondary N) is 1. The predicted molar refractivity (Wildman–Crippen MR) is 122 cm³/mol. The molecule has 8 heteroatoms. The van der Waals surface area contributed by atoms with Gasteiger partial charge in [-0.1, -0.05) is 6.42 Å².